The van der Waals surface area contributed by atoms with E-state index in [9.17, 15) is 4.79 Å². The van der Waals surface area contributed by atoms with Crippen molar-refractivity contribution in [1.82, 2.24) is 4.98 Å². The molecule has 0 aliphatic carbocycles. The van der Waals surface area contributed by atoms with E-state index in [4.69, 9.17) is 4.74 Å². The van der Waals surface area contributed by atoms with Gasteiger partial charge in [0.2, 0.25) is 0 Å². The Labute approximate surface area is 130 Å². The summed E-state index contributed by atoms with van der Waals surface area (Å²) >= 11 is 1.52. The van der Waals surface area contributed by atoms with Gasteiger partial charge in [-0.05, 0) is 25.0 Å². The third-order valence-electron chi connectivity index (χ3n) is 3.20. The van der Waals surface area contributed by atoms with Crippen LogP contribution in [0.3, 0.4) is 0 Å². The topological polar surface area (TPSA) is 39.2 Å². The molecule has 3 nitrogen and oxygen atoms in total. The van der Waals surface area contributed by atoms with E-state index in [1.54, 1.807) is 6.20 Å². The fourth-order valence-corrected chi connectivity index (χ4v) is 2.70. The van der Waals surface area contributed by atoms with Crippen LogP contribution in [0.2, 0.25) is 0 Å². The molecule has 0 spiro atoms. The van der Waals surface area contributed by atoms with E-state index in [2.05, 4.69) is 11.9 Å². The summed E-state index contributed by atoms with van der Waals surface area (Å²) in [5, 5.41) is 2.77. The minimum Gasteiger partial charge on any atom is -0.493 e. The lowest BCUT2D eigenvalue weighted by molar-refractivity contribution is -0.117. The van der Waals surface area contributed by atoms with Crippen LogP contribution in [-0.4, -0.2) is 17.4 Å². The number of rotatable bonds is 8. The highest BCUT2D eigenvalue weighted by Gasteiger charge is 2.11. The van der Waals surface area contributed by atoms with Crippen molar-refractivity contribution in [1.29, 1.82) is 0 Å². The Kier molecular flexibility index (Phi) is 5.93. The third-order valence-corrected chi connectivity index (χ3v) is 3.98. The highest BCUT2D eigenvalue weighted by atomic mass is 32.1. The number of ketones is 1. The zero-order valence-electron chi connectivity index (χ0n) is 12.6. The summed E-state index contributed by atoms with van der Waals surface area (Å²) in [6.45, 7) is 4.87. The lowest BCUT2D eigenvalue weighted by Crippen LogP contribution is -2.08. The molecule has 0 amide bonds. The third kappa shape index (κ3) is 4.97. The highest BCUT2D eigenvalue weighted by molar-refractivity contribution is 7.09. The summed E-state index contributed by atoms with van der Waals surface area (Å²) in [7, 11) is 0. The predicted molar refractivity (Wildman–Crippen MR) is 86.1 cm³/mol. The van der Waals surface area contributed by atoms with Gasteiger partial charge in [0.15, 0.2) is 0 Å². The van der Waals surface area contributed by atoms with Crippen LogP contribution in [0.1, 0.15) is 35.9 Å². The van der Waals surface area contributed by atoms with Gasteiger partial charge in [0.25, 0.3) is 0 Å². The number of ether oxygens (including phenoxy) is 1. The SMILES string of the molecule is CCCCOc1cc(C)ccc1CC(=O)Cc1nccs1. The minimum absolute atomic E-state index is 0.175. The van der Waals surface area contributed by atoms with Gasteiger partial charge in [-0.25, -0.2) is 4.98 Å². The summed E-state index contributed by atoms with van der Waals surface area (Å²) in [5.41, 5.74) is 2.12. The van der Waals surface area contributed by atoms with Gasteiger partial charge in [-0.3, -0.25) is 4.79 Å². The van der Waals surface area contributed by atoms with Gasteiger partial charge in [0.1, 0.15) is 11.5 Å². The number of nitrogens with zero attached hydrogens (tertiary/aromatic N) is 1. The Bertz CT molecular complexity index is 578. The number of aromatic nitrogens is 1. The zero-order valence-corrected chi connectivity index (χ0v) is 13.4. The van der Waals surface area contributed by atoms with Crippen molar-refractivity contribution in [3.63, 3.8) is 0 Å². The Morgan fingerprint density at radius 3 is 2.90 bits per heavy atom. The maximum atomic E-state index is 12.2. The second-order valence-corrected chi connectivity index (χ2v) is 6.11. The standard InChI is InChI=1S/C17H21NO2S/c1-3-4-8-20-16-10-13(2)5-6-14(16)11-15(19)12-17-18-7-9-21-17/h5-7,9-10H,3-4,8,11-12H2,1-2H3. The van der Waals surface area contributed by atoms with Crippen molar-refractivity contribution in [3.8, 4) is 5.75 Å². The maximum Gasteiger partial charge on any atom is 0.144 e. The lowest BCUT2D eigenvalue weighted by Gasteiger charge is -2.11. The van der Waals surface area contributed by atoms with Gasteiger partial charge in [-0.2, -0.15) is 0 Å². The quantitative estimate of drug-likeness (QED) is 0.692. The highest BCUT2D eigenvalue weighted by Crippen LogP contribution is 2.22. The van der Waals surface area contributed by atoms with Crippen LogP contribution in [0.4, 0.5) is 0 Å². The molecule has 1 aromatic carbocycles. The van der Waals surface area contributed by atoms with Crippen molar-refractivity contribution >= 4 is 17.1 Å². The van der Waals surface area contributed by atoms with E-state index in [0.717, 1.165) is 34.7 Å². The summed E-state index contributed by atoms with van der Waals surface area (Å²) < 4.78 is 5.83. The van der Waals surface area contributed by atoms with Crippen LogP contribution < -0.4 is 4.74 Å². The molecule has 0 saturated carbocycles. The average Bonchev–Trinajstić information content (AvgIpc) is 2.95. The number of thiazole rings is 1. The second-order valence-electron chi connectivity index (χ2n) is 5.13. The molecule has 0 unspecified atom stereocenters. The zero-order chi connectivity index (χ0) is 15.1. The number of carbonyl (C=O) groups excluding carboxylic acids is 1. The fourth-order valence-electron chi connectivity index (χ4n) is 2.05. The molecule has 4 heteroatoms. The summed E-state index contributed by atoms with van der Waals surface area (Å²) in [5.74, 6) is 1.02. The van der Waals surface area contributed by atoms with Gasteiger partial charge < -0.3 is 4.74 Å². The fraction of sp³-hybridized carbons (Fsp3) is 0.412. The lowest BCUT2D eigenvalue weighted by atomic mass is 10.0. The van der Waals surface area contributed by atoms with Crippen LogP contribution >= 0.6 is 11.3 Å². The first-order valence-electron chi connectivity index (χ1n) is 7.31. The number of benzene rings is 1. The Morgan fingerprint density at radius 1 is 1.33 bits per heavy atom. The number of unbranched alkanes of at least 4 members (excludes halogenated alkanes) is 1. The van der Waals surface area contributed by atoms with E-state index >= 15 is 0 Å². The summed E-state index contributed by atoms with van der Waals surface area (Å²) in [4.78, 5) is 16.3. The van der Waals surface area contributed by atoms with E-state index in [-0.39, 0.29) is 5.78 Å². The molecule has 0 bridgehead atoms. The second kappa shape index (κ2) is 7.93. The monoisotopic (exact) mass is 303 g/mol. The van der Waals surface area contributed by atoms with Crippen molar-refractivity contribution in [2.24, 2.45) is 0 Å². The van der Waals surface area contributed by atoms with E-state index < -0.39 is 0 Å². The van der Waals surface area contributed by atoms with E-state index in [1.165, 1.54) is 11.3 Å². The first-order valence-corrected chi connectivity index (χ1v) is 8.19. The molecule has 1 heterocycles. The minimum atomic E-state index is 0.175. The number of carbonyl (C=O) groups is 1. The molecule has 2 rings (SSSR count). The number of hydrogen-bond donors (Lipinski definition) is 0. The Morgan fingerprint density at radius 2 is 2.19 bits per heavy atom. The van der Waals surface area contributed by atoms with Gasteiger partial charge in [-0.1, -0.05) is 25.5 Å². The number of aryl methyl sites for hydroxylation is 1. The van der Waals surface area contributed by atoms with Gasteiger partial charge >= 0.3 is 0 Å². The van der Waals surface area contributed by atoms with Gasteiger partial charge in [0.05, 0.1) is 18.0 Å². The molecule has 112 valence electrons. The van der Waals surface area contributed by atoms with Crippen molar-refractivity contribution in [2.75, 3.05) is 6.61 Å². The summed E-state index contributed by atoms with van der Waals surface area (Å²) in [6.07, 6.45) is 4.67. The maximum absolute atomic E-state index is 12.2. The van der Waals surface area contributed by atoms with Crippen LogP contribution in [0, 0.1) is 6.92 Å². The number of hydrogen-bond acceptors (Lipinski definition) is 4. The number of Topliss-reactive ketones (excluding diaryl/α,β-unsaturated/α-hetero) is 1. The van der Waals surface area contributed by atoms with Crippen molar-refractivity contribution < 1.29 is 9.53 Å². The largest absolute Gasteiger partial charge is 0.493 e. The van der Waals surface area contributed by atoms with Crippen LogP contribution in [0.5, 0.6) is 5.75 Å². The molecule has 0 atom stereocenters. The molecular weight excluding hydrogens is 282 g/mol. The molecule has 0 aliphatic rings. The molecular formula is C17H21NO2S. The molecule has 0 saturated heterocycles. The normalized spacial score (nSPS) is 10.6. The first-order chi connectivity index (χ1) is 10.2. The molecule has 1 aromatic heterocycles. The Balaban J connectivity index is 2.02. The van der Waals surface area contributed by atoms with Gasteiger partial charge in [0, 0.05) is 23.6 Å². The molecule has 0 fully saturated rings. The van der Waals surface area contributed by atoms with E-state index in [1.807, 2.05) is 30.5 Å². The van der Waals surface area contributed by atoms with Gasteiger partial charge in [-0.15, -0.1) is 11.3 Å². The predicted octanol–water partition coefficient (Wildman–Crippen LogP) is 3.98. The average molecular weight is 303 g/mol. The molecule has 0 aliphatic heterocycles. The molecule has 0 N–H and O–H groups in total. The van der Waals surface area contributed by atoms with Crippen molar-refractivity contribution in [3.05, 3.63) is 45.9 Å². The molecule has 0 radical (unpaired) electrons. The van der Waals surface area contributed by atoms with Crippen LogP contribution in [0.15, 0.2) is 29.8 Å². The molecule has 2 aromatic rings. The smallest absolute Gasteiger partial charge is 0.144 e. The van der Waals surface area contributed by atoms with E-state index in [0.29, 0.717) is 19.4 Å². The molecule has 21 heavy (non-hydrogen) atoms. The Hall–Kier alpha value is -1.68. The summed E-state index contributed by atoms with van der Waals surface area (Å²) in [6, 6.07) is 6.04. The van der Waals surface area contributed by atoms with Crippen LogP contribution in [-0.2, 0) is 17.6 Å². The van der Waals surface area contributed by atoms with Crippen molar-refractivity contribution in [2.45, 2.75) is 39.5 Å². The van der Waals surface area contributed by atoms with Crippen LogP contribution in [0.25, 0.3) is 0 Å². The first kappa shape index (κ1) is 15.7.